The van der Waals surface area contributed by atoms with Gasteiger partial charge in [0.15, 0.2) is 5.96 Å². The summed E-state index contributed by atoms with van der Waals surface area (Å²) < 4.78 is 11.0. The molecule has 1 atom stereocenters. The zero-order chi connectivity index (χ0) is 19.3. The van der Waals surface area contributed by atoms with Crippen molar-refractivity contribution in [2.45, 2.75) is 26.2 Å². The van der Waals surface area contributed by atoms with Gasteiger partial charge in [0.2, 0.25) is 5.91 Å². The minimum Gasteiger partial charge on any atom is -0.381 e. The second-order valence-electron chi connectivity index (χ2n) is 6.55. The number of amides is 1. The molecular weight excluding hydrogens is 473 g/mol. The van der Waals surface area contributed by atoms with Gasteiger partial charge in [-0.1, -0.05) is 6.07 Å². The number of guanidine groups is 1. The Morgan fingerprint density at radius 1 is 1.36 bits per heavy atom. The van der Waals surface area contributed by atoms with Crippen molar-refractivity contribution in [2.75, 3.05) is 51.9 Å². The number of aromatic nitrogens is 1. The van der Waals surface area contributed by atoms with E-state index < -0.39 is 0 Å². The second kappa shape index (κ2) is 14.5. The number of anilines is 1. The number of rotatable bonds is 10. The summed E-state index contributed by atoms with van der Waals surface area (Å²) in [5, 5.41) is 9.14. The first kappa shape index (κ1) is 24.6. The molecule has 1 aliphatic rings. The van der Waals surface area contributed by atoms with Crippen LogP contribution in [0.4, 0.5) is 5.82 Å². The summed E-state index contributed by atoms with van der Waals surface area (Å²) in [5.74, 6) is 1.72. The van der Waals surface area contributed by atoms with Gasteiger partial charge in [-0.15, -0.1) is 24.0 Å². The predicted molar refractivity (Wildman–Crippen MR) is 121 cm³/mol. The Kier molecular flexibility index (Phi) is 12.8. The molecule has 0 bridgehead atoms. The third kappa shape index (κ3) is 10.2. The van der Waals surface area contributed by atoms with Crippen molar-refractivity contribution in [3.8, 4) is 0 Å². The molecule has 1 saturated heterocycles. The number of aryl methyl sites for hydroxylation is 1. The monoisotopic (exact) mass is 505 g/mol. The Morgan fingerprint density at radius 2 is 2.18 bits per heavy atom. The van der Waals surface area contributed by atoms with E-state index in [-0.39, 0.29) is 29.9 Å². The van der Waals surface area contributed by atoms with Crippen LogP contribution in [0.1, 0.15) is 25.0 Å². The van der Waals surface area contributed by atoms with E-state index in [1.54, 1.807) is 13.1 Å². The number of pyridine rings is 1. The second-order valence-corrected chi connectivity index (χ2v) is 6.55. The Morgan fingerprint density at radius 3 is 2.89 bits per heavy atom. The summed E-state index contributed by atoms with van der Waals surface area (Å²) in [7, 11) is 1.71. The molecule has 3 N–H and O–H groups in total. The minimum absolute atomic E-state index is 0. The van der Waals surface area contributed by atoms with Crippen LogP contribution in [0.2, 0.25) is 0 Å². The lowest BCUT2D eigenvalue weighted by atomic mass is 10.1. The van der Waals surface area contributed by atoms with Gasteiger partial charge in [0.25, 0.3) is 0 Å². The van der Waals surface area contributed by atoms with Crippen molar-refractivity contribution >= 4 is 41.7 Å². The van der Waals surface area contributed by atoms with Crippen molar-refractivity contribution < 1.29 is 14.3 Å². The van der Waals surface area contributed by atoms with Crippen LogP contribution in [0.15, 0.2) is 23.2 Å². The van der Waals surface area contributed by atoms with Gasteiger partial charge in [0.05, 0.1) is 13.2 Å². The molecule has 1 aromatic heterocycles. The zero-order valence-electron chi connectivity index (χ0n) is 16.7. The van der Waals surface area contributed by atoms with E-state index in [4.69, 9.17) is 9.47 Å². The van der Waals surface area contributed by atoms with Crippen LogP contribution in [0, 0.1) is 12.8 Å². The van der Waals surface area contributed by atoms with E-state index in [1.807, 2.05) is 19.1 Å². The molecule has 1 aromatic rings. The quantitative estimate of drug-likeness (QED) is 0.195. The Labute approximate surface area is 184 Å². The van der Waals surface area contributed by atoms with E-state index in [9.17, 15) is 4.79 Å². The standard InChI is InChI=1S/C19H31N5O3.HI/c1-15-5-3-6-17(23-15)24-18(25)7-10-22-19(20-2)21-9-4-11-26-13-16-8-12-27-14-16;/h3,5-6,16H,4,7-14H2,1-2H3,(H2,20,21,22)(H,23,24,25);1H. The zero-order valence-corrected chi connectivity index (χ0v) is 19.0. The number of nitrogens with zero attached hydrogens (tertiary/aromatic N) is 2. The van der Waals surface area contributed by atoms with Gasteiger partial charge < -0.3 is 25.4 Å². The van der Waals surface area contributed by atoms with Gasteiger partial charge in [0.1, 0.15) is 5.82 Å². The molecule has 0 aromatic carbocycles. The number of carbonyl (C=O) groups excluding carboxylic acids is 1. The first-order valence-electron chi connectivity index (χ1n) is 9.51. The highest BCUT2D eigenvalue weighted by Gasteiger charge is 2.15. The third-order valence-corrected chi connectivity index (χ3v) is 4.16. The number of aliphatic imine (C=N–C) groups is 1. The largest absolute Gasteiger partial charge is 0.381 e. The first-order chi connectivity index (χ1) is 13.2. The maximum atomic E-state index is 12.0. The summed E-state index contributed by atoms with van der Waals surface area (Å²) in [5.41, 5.74) is 0.871. The van der Waals surface area contributed by atoms with Crippen LogP contribution in [0.3, 0.4) is 0 Å². The number of nitrogens with one attached hydrogen (secondary N) is 3. The third-order valence-electron chi connectivity index (χ3n) is 4.16. The summed E-state index contributed by atoms with van der Waals surface area (Å²) in [6, 6.07) is 5.54. The van der Waals surface area contributed by atoms with E-state index in [0.717, 1.165) is 44.9 Å². The smallest absolute Gasteiger partial charge is 0.227 e. The van der Waals surface area contributed by atoms with Crippen LogP contribution in [-0.4, -0.2) is 63.4 Å². The predicted octanol–water partition coefficient (Wildman–Crippen LogP) is 1.94. The van der Waals surface area contributed by atoms with Crippen LogP contribution in [0.5, 0.6) is 0 Å². The fourth-order valence-electron chi connectivity index (χ4n) is 2.68. The van der Waals surface area contributed by atoms with E-state index in [0.29, 0.717) is 37.3 Å². The molecule has 8 nitrogen and oxygen atoms in total. The van der Waals surface area contributed by atoms with Gasteiger partial charge in [-0.2, -0.15) is 0 Å². The summed E-state index contributed by atoms with van der Waals surface area (Å²) >= 11 is 0. The summed E-state index contributed by atoms with van der Waals surface area (Å²) in [4.78, 5) is 20.4. The molecule has 0 spiro atoms. The molecule has 0 radical (unpaired) electrons. The van der Waals surface area contributed by atoms with Gasteiger partial charge in [-0.3, -0.25) is 9.79 Å². The average Bonchev–Trinajstić information content (AvgIpc) is 3.16. The lowest BCUT2D eigenvalue weighted by molar-refractivity contribution is -0.116. The molecule has 0 saturated carbocycles. The van der Waals surface area contributed by atoms with Gasteiger partial charge >= 0.3 is 0 Å². The highest BCUT2D eigenvalue weighted by Crippen LogP contribution is 2.12. The fourth-order valence-corrected chi connectivity index (χ4v) is 2.68. The highest BCUT2D eigenvalue weighted by atomic mass is 127. The normalized spacial score (nSPS) is 16.4. The molecule has 1 amide bonds. The van der Waals surface area contributed by atoms with E-state index in [1.165, 1.54) is 0 Å². The Bertz CT molecular complexity index is 609. The van der Waals surface area contributed by atoms with Crippen molar-refractivity contribution in [2.24, 2.45) is 10.9 Å². The number of carbonyl (C=O) groups is 1. The highest BCUT2D eigenvalue weighted by molar-refractivity contribution is 14.0. The Hall–Kier alpha value is -1.46. The summed E-state index contributed by atoms with van der Waals surface area (Å²) in [6.45, 7) is 6.32. The maximum Gasteiger partial charge on any atom is 0.227 e. The molecule has 0 aliphatic carbocycles. The number of hydrogen-bond donors (Lipinski definition) is 3. The summed E-state index contributed by atoms with van der Waals surface area (Å²) in [6.07, 6.45) is 2.33. The number of ether oxygens (including phenoxy) is 2. The molecule has 1 aliphatic heterocycles. The van der Waals surface area contributed by atoms with Crippen LogP contribution >= 0.6 is 24.0 Å². The maximum absolute atomic E-state index is 12.0. The lowest BCUT2D eigenvalue weighted by Gasteiger charge is -2.12. The number of hydrogen-bond acceptors (Lipinski definition) is 5. The van der Waals surface area contributed by atoms with Crippen LogP contribution in [0.25, 0.3) is 0 Å². The molecule has 2 heterocycles. The lowest BCUT2D eigenvalue weighted by Crippen LogP contribution is -2.39. The molecular formula is C19H32IN5O3. The molecule has 1 unspecified atom stereocenters. The fraction of sp³-hybridized carbons (Fsp3) is 0.632. The SMILES string of the molecule is CN=C(NCCCOCC1CCOC1)NCCC(=O)Nc1cccc(C)n1.I. The molecule has 28 heavy (non-hydrogen) atoms. The van der Waals surface area contributed by atoms with Crippen molar-refractivity contribution in [1.29, 1.82) is 0 Å². The topological polar surface area (TPSA) is 96.9 Å². The molecule has 1 fully saturated rings. The van der Waals surface area contributed by atoms with Crippen molar-refractivity contribution in [3.05, 3.63) is 23.9 Å². The van der Waals surface area contributed by atoms with Crippen molar-refractivity contribution in [3.63, 3.8) is 0 Å². The van der Waals surface area contributed by atoms with Gasteiger partial charge in [-0.25, -0.2) is 4.98 Å². The van der Waals surface area contributed by atoms with Gasteiger partial charge in [-0.05, 0) is 31.9 Å². The average molecular weight is 505 g/mol. The molecule has 158 valence electrons. The molecule has 9 heteroatoms. The number of halogens is 1. The van der Waals surface area contributed by atoms with E-state index >= 15 is 0 Å². The van der Waals surface area contributed by atoms with Crippen molar-refractivity contribution in [1.82, 2.24) is 15.6 Å². The minimum atomic E-state index is -0.0830. The first-order valence-corrected chi connectivity index (χ1v) is 9.51. The van der Waals surface area contributed by atoms with Gasteiger partial charge in [0, 0.05) is 51.4 Å². The molecule has 2 rings (SSSR count). The van der Waals surface area contributed by atoms with Crippen LogP contribution < -0.4 is 16.0 Å². The van der Waals surface area contributed by atoms with Crippen LogP contribution in [-0.2, 0) is 14.3 Å². The van der Waals surface area contributed by atoms with E-state index in [2.05, 4.69) is 25.9 Å². The Balaban J connectivity index is 0.00000392.